The number of nitro groups is 1. The van der Waals surface area contributed by atoms with Crippen molar-refractivity contribution in [1.29, 1.82) is 0 Å². The summed E-state index contributed by atoms with van der Waals surface area (Å²) in [5.41, 5.74) is 3.72. The predicted octanol–water partition coefficient (Wildman–Crippen LogP) is 5.84. The molecule has 0 aliphatic rings. The summed E-state index contributed by atoms with van der Waals surface area (Å²) < 4.78 is 6.08. The smallest absolute Gasteiger partial charge is 0.269 e. The number of hydrogen-bond donors (Lipinski definition) is 2. The van der Waals surface area contributed by atoms with Gasteiger partial charge in [-0.2, -0.15) is 0 Å². The van der Waals surface area contributed by atoms with Crippen molar-refractivity contribution in [2.75, 3.05) is 19.7 Å². The fraction of sp³-hybridized carbons (Fsp3) is 0.172. The molecule has 0 fully saturated rings. The minimum Gasteiger partial charge on any atom is -0.492 e. The first kappa shape index (κ1) is 23.5. The van der Waals surface area contributed by atoms with Gasteiger partial charge in [-0.1, -0.05) is 60.7 Å². The molecule has 1 atom stereocenters. The molecule has 0 aliphatic heterocycles. The van der Waals surface area contributed by atoms with E-state index in [4.69, 9.17) is 4.74 Å². The molecule has 1 heterocycles. The minimum absolute atomic E-state index is 0.0307. The summed E-state index contributed by atoms with van der Waals surface area (Å²) in [6.07, 6.45) is -0.865. The zero-order valence-electron chi connectivity index (χ0n) is 19.7. The van der Waals surface area contributed by atoms with Crippen molar-refractivity contribution >= 4 is 27.5 Å². The van der Waals surface area contributed by atoms with E-state index in [2.05, 4.69) is 28.1 Å². The summed E-state index contributed by atoms with van der Waals surface area (Å²) in [5.74, 6) is 0.771. The summed E-state index contributed by atoms with van der Waals surface area (Å²) in [6.45, 7) is 1.95. The van der Waals surface area contributed by atoms with E-state index in [1.807, 2.05) is 54.6 Å². The highest BCUT2D eigenvalue weighted by Crippen LogP contribution is 2.28. The maximum absolute atomic E-state index is 11.1. The number of nitrogens with zero attached hydrogens (tertiary/aromatic N) is 2. The molecule has 0 saturated carbocycles. The van der Waals surface area contributed by atoms with Gasteiger partial charge in [0.2, 0.25) is 0 Å². The monoisotopic (exact) mass is 481 g/mol. The van der Waals surface area contributed by atoms with Crippen molar-refractivity contribution in [3.8, 4) is 5.75 Å². The van der Waals surface area contributed by atoms with Crippen molar-refractivity contribution in [1.82, 2.24) is 9.88 Å². The highest BCUT2D eigenvalue weighted by molar-refractivity contribution is 6.07. The lowest BCUT2D eigenvalue weighted by molar-refractivity contribution is -0.385. The average Bonchev–Trinajstić information content (AvgIpc) is 3.27. The number of non-ortho nitro benzene ring substituents is 1. The molecule has 5 rings (SSSR count). The Balaban J connectivity index is 1.28. The Morgan fingerprint density at radius 3 is 2.50 bits per heavy atom. The molecule has 0 saturated heterocycles. The van der Waals surface area contributed by atoms with Crippen LogP contribution >= 0.6 is 0 Å². The number of aromatic nitrogens is 1. The van der Waals surface area contributed by atoms with E-state index in [0.717, 1.165) is 27.7 Å². The van der Waals surface area contributed by atoms with Crippen LogP contribution in [0.1, 0.15) is 17.2 Å². The van der Waals surface area contributed by atoms with Gasteiger partial charge in [0.05, 0.1) is 16.5 Å². The van der Waals surface area contributed by atoms with Crippen molar-refractivity contribution in [3.05, 3.63) is 118 Å². The third-order valence-electron chi connectivity index (χ3n) is 6.30. The van der Waals surface area contributed by atoms with E-state index in [1.54, 1.807) is 12.1 Å². The number of benzene rings is 4. The number of nitro benzene ring substituents is 1. The molecule has 0 radical (unpaired) electrons. The first-order chi connectivity index (χ1) is 17.6. The van der Waals surface area contributed by atoms with Gasteiger partial charge in [-0.05, 0) is 29.3 Å². The van der Waals surface area contributed by atoms with Crippen LogP contribution in [0.3, 0.4) is 0 Å². The van der Waals surface area contributed by atoms with Crippen LogP contribution in [-0.2, 0) is 6.54 Å². The van der Waals surface area contributed by atoms with Crippen LogP contribution in [0.25, 0.3) is 21.8 Å². The zero-order chi connectivity index (χ0) is 24.9. The van der Waals surface area contributed by atoms with E-state index in [-0.39, 0.29) is 5.69 Å². The van der Waals surface area contributed by atoms with Crippen molar-refractivity contribution in [2.24, 2.45) is 0 Å². The van der Waals surface area contributed by atoms with Gasteiger partial charge in [0, 0.05) is 54.1 Å². The van der Waals surface area contributed by atoms with Gasteiger partial charge < -0.3 is 14.8 Å². The van der Waals surface area contributed by atoms with Crippen molar-refractivity contribution < 1.29 is 14.8 Å². The maximum atomic E-state index is 11.1. The maximum Gasteiger partial charge on any atom is 0.269 e. The van der Waals surface area contributed by atoms with Gasteiger partial charge in [-0.15, -0.1) is 0 Å². The highest BCUT2D eigenvalue weighted by Gasteiger charge is 2.17. The van der Waals surface area contributed by atoms with Crippen LogP contribution < -0.4 is 4.74 Å². The SMILES string of the molecule is O=[N+]([O-])c1cccc(C(O)CN(CCOc2ccc3c(c2)[nH]c2ccccc23)Cc2ccccc2)c1. The van der Waals surface area contributed by atoms with Gasteiger partial charge in [0.15, 0.2) is 0 Å². The quantitative estimate of drug-likeness (QED) is 0.193. The molecule has 4 aromatic carbocycles. The standard InChI is InChI=1S/C29H27N3O4/c33-29(22-9-6-10-23(17-22)32(34)35)20-31(19-21-7-2-1-3-8-21)15-16-36-24-13-14-26-25-11-4-5-12-27(25)30-28(26)18-24/h1-14,17-18,29-30,33H,15-16,19-20H2. The first-order valence-corrected chi connectivity index (χ1v) is 11.9. The lowest BCUT2D eigenvalue weighted by Gasteiger charge is -2.25. The number of para-hydroxylation sites is 1. The van der Waals surface area contributed by atoms with Crippen LogP contribution in [0, 0.1) is 10.1 Å². The second kappa shape index (κ2) is 10.6. The summed E-state index contributed by atoms with van der Waals surface area (Å²) >= 11 is 0. The summed E-state index contributed by atoms with van der Waals surface area (Å²) in [6, 6.07) is 30.4. The van der Waals surface area contributed by atoms with E-state index in [9.17, 15) is 15.2 Å². The van der Waals surface area contributed by atoms with Crippen LogP contribution in [0.5, 0.6) is 5.75 Å². The molecule has 0 bridgehead atoms. The molecule has 36 heavy (non-hydrogen) atoms. The molecule has 5 aromatic rings. The van der Waals surface area contributed by atoms with Crippen LogP contribution in [0.2, 0.25) is 0 Å². The fourth-order valence-corrected chi connectivity index (χ4v) is 4.49. The number of aliphatic hydroxyl groups is 1. The number of H-pyrrole nitrogens is 1. The summed E-state index contributed by atoms with van der Waals surface area (Å²) in [5, 5.41) is 24.4. The molecule has 182 valence electrons. The Hall–Kier alpha value is -4.20. The number of nitrogens with one attached hydrogen (secondary N) is 1. The first-order valence-electron chi connectivity index (χ1n) is 11.9. The van der Waals surface area contributed by atoms with Gasteiger partial charge in [-0.25, -0.2) is 0 Å². The fourth-order valence-electron chi connectivity index (χ4n) is 4.49. The molecule has 0 spiro atoms. The number of rotatable bonds is 10. The topological polar surface area (TPSA) is 91.6 Å². The normalized spacial score (nSPS) is 12.3. The molecular formula is C29H27N3O4. The van der Waals surface area contributed by atoms with Gasteiger partial charge in [0.25, 0.3) is 5.69 Å². The number of hydrogen-bond acceptors (Lipinski definition) is 5. The van der Waals surface area contributed by atoms with Crippen molar-refractivity contribution in [2.45, 2.75) is 12.6 Å². The Bertz CT molecular complexity index is 1480. The lowest BCUT2D eigenvalue weighted by Crippen LogP contribution is -2.32. The molecule has 1 unspecified atom stereocenters. The Morgan fingerprint density at radius 1 is 0.889 bits per heavy atom. The number of aromatic amines is 1. The Kier molecular flexibility index (Phi) is 6.93. The lowest BCUT2D eigenvalue weighted by atomic mass is 10.1. The highest BCUT2D eigenvalue weighted by atomic mass is 16.6. The number of aliphatic hydroxyl groups excluding tert-OH is 1. The van der Waals surface area contributed by atoms with Crippen molar-refractivity contribution in [3.63, 3.8) is 0 Å². The second-order valence-corrected chi connectivity index (χ2v) is 8.82. The van der Waals surface area contributed by atoms with E-state index in [0.29, 0.717) is 31.8 Å². The molecule has 0 amide bonds. The van der Waals surface area contributed by atoms with Gasteiger partial charge in [0.1, 0.15) is 12.4 Å². The van der Waals surface area contributed by atoms with E-state index < -0.39 is 11.0 Å². The number of fused-ring (bicyclic) bond motifs is 3. The number of ether oxygens (including phenoxy) is 1. The zero-order valence-corrected chi connectivity index (χ0v) is 19.7. The second-order valence-electron chi connectivity index (χ2n) is 8.82. The Morgan fingerprint density at radius 2 is 1.67 bits per heavy atom. The van der Waals surface area contributed by atoms with Crippen LogP contribution in [-0.4, -0.2) is 39.6 Å². The summed E-state index contributed by atoms with van der Waals surface area (Å²) in [7, 11) is 0. The van der Waals surface area contributed by atoms with E-state index in [1.165, 1.54) is 17.5 Å². The summed E-state index contributed by atoms with van der Waals surface area (Å²) in [4.78, 5) is 16.2. The third kappa shape index (κ3) is 5.38. The third-order valence-corrected chi connectivity index (χ3v) is 6.30. The Labute approximate surface area is 208 Å². The largest absolute Gasteiger partial charge is 0.492 e. The molecular weight excluding hydrogens is 454 g/mol. The van der Waals surface area contributed by atoms with Crippen LogP contribution in [0.4, 0.5) is 5.69 Å². The molecule has 0 aliphatic carbocycles. The van der Waals surface area contributed by atoms with Gasteiger partial charge >= 0.3 is 0 Å². The van der Waals surface area contributed by atoms with Gasteiger partial charge in [-0.3, -0.25) is 15.0 Å². The molecule has 1 aromatic heterocycles. The molecule has 7 heteroatoms. The average molecular weight is 482 g/mol. The van der Waals surface area contributed by atoms with E-state index >= 15 is 0 Å². The molecule has 2 N–H and O–H groups in total. The predicted molar refractivity (Wildman–Crippen MR) is 141 cm³/mol. The molecule has 7 nitrogen and oxygen atoms in total. The minimum atomic E-state index is -0.865. The van der Waals surface area contributed by atoms with Crippen LogP contribution in [0.15, 0.2) is 97.1 Å².